The van der Waals surface area contributed by atoms with Gasteiger partial charge in [-0.05, 0) is 26.0 Å². The molecule has 0 bridgehead atoms. The van der Waals surface area contributed by atoms with Crippen molar-refractivity contribution in [2.24, 2.45) is 0 Å². The SMILES string of the molecule is CCn1c(SCc2cc(C)on2)nnc1-c1cc(-c2ccccc2)nc2ccccc12. The summed E-state index contributed by atoms with van der Waals surface area (Å²) in [4.78, 5) is 4.89. The second kappa shape index (κ2) is 8.35. The molecule has 0 aliphatic carbocycles. The number of fused-ring (bicyclic) bond motifs is 1. The molecule has 0 atom stereocenters. The van der Waals surface area contributed by atoms with Gasteiger partial charge in [-0.25, -0.2) is 4.98 Å². The zero-order chi connectivity index (χ0) is 21.2. The van der Waals surface area contributed by atoms with Crippen LogP contribution in [0.25, 0.3) is 33.5 Å². The van der Waals surface area contributed by atoms with Crippen molar-refractivity contribution in [1.29, 1.82) is 0 Å². The van der Waals surface area contributed by atoms with Crippen LogP contribution in [0.3, 0.4) is 0 Å². The molecule has 5 rings (SSSR count). The van der Waals surface area contributed by atoms with Crippen LogP contribution >= 0.6 is 11.8 Å². The third-order valence-electron chi connectivity index (χ3n) is 5.09. The zero-order valence-electron chi connectivity index (χ0n) is 17.3. The molecule has 0 amide bonds. The van der Waals surface area contributed by atoms with E-state index >= 15 is 0 Å². The molecule has 0 saturated heterocycles. The standard InChI is InChI=1S/C24H21N5OS/c1-3-29-23(26-27-24(29)31-15-18-13-16(2)30-28-18)20-14-22(17-9-5-4-6-10-17)25-21-12-8-7-11-19(20)21/h4-14H,3,15H2,1-2H3. The molecule has 2 aromatic carbocycles. The molecule has 0 spiro atoms. The molecule has 3 aromatic heterocycles. The van der Waals surface area contributed by atoms with Gasteiger partial charge in [0.2, 0.25) is 0 Å². The van der Waals surface area contributed by atoms with Gasteiger partial charge in [0, 0.05) is 34.9 Å². The minimum absolute atomic E-state index is 0.682. The van der Waals surface area contributed by atoms with Gasteiger partial charge in [0.15, 0.2) is 11.0 Å². The first-order valence-electron chi connectivity index (χ1n) is 10.2. The maximum atomic E-state index is 5.17. The fraction of sp³-hybridized carbons (Fsp3) is 0.167. The Labute approximate surface area is 184 Å². The molecule has 0 aliphatic rings. The number of rotatable bonds is 6. The minimum Gasteiger partial charge on any atom is -0.361 e. The third kappa shape index (κ3) is 3.84. The minimum atomic E-state index is 0.682. The van der Waals surface area contributed by atoms with E-state index in [9.17, 15) is 0 Å². The van der Waals surface area contributed by atoms with E-state index in [1.807, 2.05) is 49.4 Å². The van der Waals surface area contributed by atoms with Gasteiger partial charge in [-0.1, -0.05) is 65.4 Å². The Hall–Kier alpha value is -3.45. The Morgan fingerprint density at radius 1 is 0.968 bits per heavy atom. The van der Waals surface area contributed by atoms with Crippen molar-refractivity contribution in [1.82, 2.24) is 24.9 Å². The first-order chi connectivity index (χ1) is 15.2. The lowest BCUT2D eigenvalue weighted by Crippen LogP contribution is -2.01. The van der Waals surface area contributed by atoms with Crippen LogP contribution in [0, 0.1) is 6.92 Å². The predicted octanol–water partition coefficient (Wildman–Crippen LogP) is 5.77. The summed E-state index contributed by atoms with van der Waals surface area (Å²) in [6, 6.07) is 22.5. The van der Waals surface area contributed by atoms with Gasteiger partial charge in [-0.15, -0.1) is 10.2 Å². The molecule has 0 unspecified atom stereocenters. The molecular formula is C24H21N5OS. The van der Waals surface area contributed by atoms with Gasteiger partial charge >= 0.3 is 0 Å². The van der Waals surface area contributed by atoms with Gasteiger partial charge in [0.1, 0.15) is 5.76 Å². The number of nitrogens with zero attached hydrogens (tertiary/aromatic N) is 5. The Bertz CT molecular complexity index is 1340. The van der Waals surface area contributed by atoms with Crippen LogP contribution in [0.1, 0.15) is 18.4 Å². The average Bonchev–Trinajstić information content (AvgIpc) is 3.42. The van der Waals surface area contributed by atoms with Crippen molar-refractivity contribution in [3.8, 4) is 22.6 Å². The van der Waals surface area contributed by atoms with Crippen LogP contribution in [0.4, 0.5) is 0 Å². The first kappa shape index (κ1) is 19.5. The predicted molar refractivity (Wildman–Crippen MR) is 123 cm³/mol. The largest absolute Gasteiger partial charge is 0.361 e. The monoisotopic (exact) mass is 427 g/mol. The molecule has 0 N–H and O–H groups in total. The smallest absolute Gasteiger partial charge is 0.191 e. The van der Waals surface area contributed by atoms with Gasteiger partial charge < -0.3 is 9.09 Å². The van der Waals surface area contributed by atoms with E-state index in [1.165, 1.54) is 0 Å². The molecule has 5 aromatic rings. The van der Waals surface area contributed by atoms with E-state index in [1.54, 1.807) is 11.8 Å². The van der Waals surface area contributed by atoms with Crippen molar-refractivity contribution in [2.75, 3.05) is 0 Å². The first-order valence-corrected chi connectivity index (χ1v) is 11.1. The van der Waals surface area contributed by atoms with E-state index in [-0.39, 0.29) is 0 Å². The highest BCUT2D eigenvalue weighted by atomic mass is 32.2. The molecule has 0 radical (unpaired) electrons. The Kier molecular flexibility index (Phi) is 5.26. The lowest BCUT2D eigenvalue weighted by molar-refractivity contribution is 0.393. The van der Waals surface area contributed by atoms with E-state index in [0.29, 0.717) is 5.75 Å². The summed E-state index contributed by atoms with van der Waals surface area (Å²) >= 11 is 1.61. The highest BCUT2D eigenvalue weighted by molar-refractivity contribution is 7.98. The molecule has 0 fully saturated rings. The summed E-state index contributed by atoms with van der Waals surface area (Å²) in [7, 11) is 0. The van der Waals surface area contributed by atoms with Crippen molar-refractivity contribution < 1.29 is 4.52 Å². The molecular weight excluding hydrogens is 406 g/mol. The fourth-order valence-corrected chi connectivity index (χ4v) is 4.50. The molecule has 154 valence electrons. The second-order valence-electron chi connectivity index (χ2n) is 7.21. The van der Waals surface area contributed by atoms with E-state index < -0.39 is 0 Å². The van der Waals surface area contributed by atoms with Gasteiger partial charge in [0.25, 0.3) is 0 Å². The molecule has 31 heavy (non-hydrogen) atoms. The van der Waals surface area contributed by atoms with Crippen molar-refractivity contribution in [3.05, 3.63) is 78.2 Å². The van der Waals surface area contributed by atoms with Crippen molar-refractivity contribution in [3.63, 3.8) is 0 Å². The van der Waals surface area contributed by atoms with E-state index in [4.69, 9.17) is 9.51 Å². The lowest BCUT2D eigenvalue weighted by atomic mass is 10.0. The summed E-state index contributed by atoms with van der Waals surface area (Å²) in [5.74, 6) is 2.34. The number of hydrogen-bond donors (Lipinski definition) is 0. The van der Waals surface area contributed by atoms with Crippen LogP contribution < -0.4 is 0 Å². The van der Waals surface area contributed by atoms with Crippen molar-refractivity contribution >= 4 is 22.7 Å². The maximum Gasteiger partial charge on any atom is 0.191 e. The van der Waals surface area contributed by atoms with Crippen LogP contribution in [-0.2, 0) is 12.3 Å². The van der Waals surface area contributed by atoms with Crippen LogP contribution in [-0.4, -0.2) is 24.9 Å². The van der Waals surface area contributed by atoms with Crippen LogP contribution in [0.2, 0.25) is 0 Å². The topological polar surface area (TPSA) is 69.6 Å². The Morgan fingerprint density at radius 2 is 1.77 bits per heavy atom. The number of aromatic nitrogens is 5. The zero-order valence-corrected chi connectivity index (χ0v) is 18.1. The molecule has 6 nitrogen and oxygen atoms in total. The number of pyridine rings is 1. The van der Waals surface area contributed by atoms with Gasteiger partial charge in [0.05, 0.1) is 16.9 Å². The Balaban J connectivity index is 1.59. The average molecular weight is 428 g/mol. The van der Waals surface area contributed by atoms with Gasteiger partial charge in [-0.3, -0.25) is 0 Å². The van der Waals surface area contributed by atoms with Crippen molar-refractivity contribution in [2.45, 2.75) is 31.3 Å². The molecule has 0 saturated carbocycles. The summed E-state index contributed by atoms with van der Waals surface area (Å²) in [5, 5.41) is 15.1. The number of thioether (sulfide) groups is 1. The third-order valence-corrected chi connectivity index (χ3v) is 6.09. The Morgan fingerprint density at radius 3 is 2.55 bits per heavy atom. The maximum absolute atomic E-state index is 5.17. The number of hydrogen-bond acceptors (Lipinski definition) is 6. The summed E-state index contributed by atoms with van der Waals surface area (Å²) in [6.07, 6.45) is 0. The fourth-order valence-electron chi connectivity index (χ4n) is 3.62. The lowest BCUT2D eigenvalue weighted by Gasteiger charge is -2.11. The molecule has 0 aliphatic heterocycles. The normalized spacial score (nSPS) is 11.3. The molecule has 3 heterocycles. The van der Waals surface area contributed by atoms with Crippen LogP contribution in [0.5, 0.6) is 0 Å². The summed E-state index contributed by atoms with van der Waals surface area (Å²) in [5.41, 5.74) is 4.87. The highest BCUT2D eigenvalue weighted by Crippen LogP contribution is 2.33. The summed E-state index contributed by atoms with van der Waals surface area (Å²) < 4.78 is 7.32. The molecule has 7 heteroatoms. The van der Waals surface area contributed by atoms with E-state index in [2.05, 4.69) is 51.1 Å². The number of benzene rings is 2. The number of para-hydroxylation sites is 1. The highest BCUT2D eigenvalue weighted by Gasteiger charge is 2.18. The van der Waals surface area contributed by atoms with Gasteiger partial charge in [-0.2, -0.15) is 0 Å². The quantitative estimate of drug-likeness (QED) is 0.321. The van der Waals surface area contributed by atoms with E-state index in [0.717, 1.165) is 56.7 Å². The summed E-state index contributed by atoms with van der Waals surface area (Å²) in [6.45, 7) is 4.77. The second-order valence-corrected chi connectivity index (χ2v) is 8.15. The number of aryl methyl sites for hydroxylation is 1. The van der Waals surface area contributed by atoms with Crippen LogP contribution in [0.15, 0.2) is 76.4 Å².